The quantitative estimate of drug-likeness (QED) is 0.868. The highest BCUT2D eigenvalue weighted by molar-refractivity contribution is 6.30. The molecule has 1 unspecified atom stereocenters. The number of likely N-dealkylation sites (tertiary alicyclic amines) is 1. The normalized spacial score (nSPS) is 17.5. The average Bonchev–Trinajstić information content (AvgIpc) is 2.99. The van der Waals surface area contributed by atoms with Gasteiger partial charge in [0.25, 0.3) is 0 Å². The van der Waals surface area contributed by atoms with Crippen LogP contribution in [0.25, 0.3) is 0 Å². The Labute approximate surface area is 133 Å². The molecule has 22 heavy (non-hydrogen) atoms. The minimum Gasteiger partial charge on any atom is -0.471 e. The van der Waals surface area contributed by atoms with E-state index < -0.39 is 0 Å². The molecule has 0 saturated carbocycles. The number of amides is 1. The van der Waals surface area contributed by atoms with Crippen LogP contribution >= 0.6 is 11.6 Å². The van der Waals surface area contributed by atoms with Crippen molar-refractivity contribution < 1.29 is 9.53 Å². The van der Waals surface area contributed by atoms with Gasteiger partial charge >= 0.3 is 0 Å². The lowest BCUT2D eigenvalue weighted by Gasteiger charge is -2.17. The Kier molecular flexibility index (Phi) is 4.53. The molecule has 6 heteroatoms. The van der Waals surface area contributed by atoms with Gasteiger partial charge in [0.15, 0.2) is 0 Å². The van der Waals surface area contributed by atoms with Gasteiger partial charge in [0, 0.05) is 30.3 Å². The van der Waals surface area contributed by atoms with Crippen LogP contribution in [0.5, 0.6) is 5.88 Å². The summed E-state index contributed by atoms with van der Waals surface area (Å²) in [7, 11) is 0. The van der Waals surface area contributed by atoms with Crippen LogP contribution in [0.15, 0.2) is 42.6 Å². The van der Waals surface area contributed by atoms with Crippen molar-refractivity contribution in [2.45, 2.75) is 18.9 Å². The molecule has 3 rings (SSSR count). The zero-order valence-electron chi connectivity index (χ0n) is 12.0. The zero-order chi connectivity index (χ0) is 15.4. The number of aromatic nitrogens is 2. The predicted molar refractivity (Wildman–Crippen MR) is 82.8 cm³/mol. The minimum atomic E-state index is -0.0223. The molecule has 1 fully saturated rings. The zero-order valence-corrected chi connectivity index (χ0v) is 12.7. The van der Waals surface area contributed by atoms with Crippen molar-refractivity contribution in [3.8, 4) is 5.88 Å². The maximum atomic E-state index is 12.3. The first kappa shape index (κ1) is 14.8. The predicted octanol–water partition coefficient (Wildman–Crippen LogP) is 2.35. The topological polar surface area (TPSA) is 55.3 Å². The van der Waals surface area contributed by atoms with Crippen molar-refractivity contribution in [2.24, 2.45) is 0 Å². The Hall–Kier alpha value is -2.14. The summed E-state index contributed by atoms with van der Waals surface area (Å²) in [6.07, 6.45) is 2.77. The third-order valence-corrected chi connectivity index (χ3v) is 3.85. The molecule has 1 aromatic heterocycles. The molecule has 0 spiro atoms. The third-order valence-electron chi connectivity index (χ3n) is 3.60. The van der Waals surface area contributed by atoms with Crippen LogP contribution in [0.1, 0.15) is 12.0 Å². The highest BCUT2D eigenvalue weighted by Gasteiger charge is 2.27. The Morgan fingerprint density at radius 3 is 2.86 bits per heavy atom. The Balaban J connectivity index is 1.53. The van der Waals surface area contributed by atoms with Crippen LogP contribution in [0, 0.1) is 0 Å². The summed E-state index contributed by atoms with van der Waals surface area (Å²) in [6.45, 7) is 1.29. The van der Waals surface area contributed by atoms with Crippen molar-refractivity contribution in [2.75, 3.05) is 13.1 Å². The van der Waals surface area contributed by atoms with Gasteiger partial charge in [-0.15, -0.1) is 5.10 Å². The highest BCUT2D eigenvalue weighted by atomic mass is 35.5. The third kappa shape index (κ3) is 3.74. The number of halogens is 1. The molecule has 0 N–H and O–H groups in total. The lowest BCUT2D eigenvalue weighted by molar-refractivity contribution is -0.129. The maximum absolute atomic E-state index is 12.3. The first-order valence-electron chi connectivity index (χ1n) is 7.17. The van der Waals surface area contributed by atoms with E-state index >= 15 is 0 Å². The van der Waals surface area contributed by atoms with Crippen molar-refractivity contribution in [3.63, 3.8) is 0 Å². The Bertz CT molecular complexity index is 634. The van der Waals surface area contributed by atoms with E-state index in [4.69, 9.17) is 16.3 Å². The molecule has 0 aliphatic carbocycles. The summed E-state index contributed by atoms with van der Waals surface area (Å²) in [6, 6.07) is 10.9. The molecule has 1 aliphatic rings. The molecule has 0 bridgehead atoms. The van der Waals surface area contributed by atoms with E-state index in [1.54, 1.807) is 30.5 Å². The summed E-state index contributed by atoms with van der Waals surface area (Å²) < 4.78 is 5.74. The summed E-state index contributed by atoms with van der Waals surface area (Å²) >= 11 is 5.85. The molecular weight excluding hydrogens is 302 g/mol. The fourth-order valence-electron chi connectivity index (χ4n) is 2.46. The molecule has 1 atom stereocenters. The van der Waals surface area contributed by atoms with E-state index in [2.05, 4.69) is 10.2 Å². The van der Waals surface area contributed by atoms with Crippen molar-refractivity contribution >= 4 is 17.5 Å². The van der Waals surface area contributed by atoms with Crippen LogP contribution in [-0.4, -0.2) is 40.2 Å². The van der Waals surface area contributed by atoms with E-state index in [-0.39, 0.29) is 12.0 Å². The molecule has 2 heterocycles. The van der Waals surface area contributed by atoms with E-state index in [1.807, 2.05) is 17.0 Å². The van der Waals surface area contributed by atoms with Crippen LogP contribution < -0.4 is 4.74 Å². The first-order chi connectivity index (χ1) is 10.7. The number of hydrogen-bond donors (Lipinski definition) is 0. The molecule has 1 saturated heterocycles. The summed E-state index contributed by atoms with van der Waals surface area (Å²) in [5.41, 5.74) is 0.965. The fraction of sp³-hybridized carbons (Fsp3) is 0.312. The molecule has 0 radical (unpaired) electrons. The van der Waals surface area contributed by atoms with Gasteiger partial charge in [0.1, 0.15) is 6.10 Å². The molecule has 114 valence electrons. The van der Waals surface area contributed by atoms with E-state index in [0.29, 0.717) is 30.4 Å². The van der Waals surface area contributed by atoms with Gasteiger partial charge < -0.3 is 9.64 Å². The average molecular weight is 318 g/mol. The molecule has 5 nitrogen and oxygen atoms in total. The van der Waals surface area contributed by atoms with Gasteiger partial charge in [0.05, 0.1) is 13.0 Å². The number of nitrogens with zero attached hydrogens (tertiary/aromatic N) is 3. The van der Waals surface area contributed by atoms with Crippen molar-refractivity contribution in [3.05, 3.63) is 53.2 Å². The summed E-state index contributed by atoms with van der Waals surface area (Å²) in [5.74, 6) is 0.604. The second-order valence-electron chi connectivity index (χ2n) is 5.23. The summed E-state index contributed by atoms with van der Waals surface area (Å²) in [4.78, 5) is 14.1. The lowest BCUT2D eigenvalue weighted by atomic mass is 10.1. The van der Waals surface area contributed by atoms with Crippen molar-refractivity contribution in [1.82, 2.24) is 15.1 Å². The Morgan fingerprint density at radius 1 is 1.32 bits per heavy atom. The van der Waals surface area contributed by atoms with Crippen LogP contribution in [-0.2, 0) is 11.2 Å². The number of carbonyl (C=O) groups excluding carboxylic acids is 1. The lowest BCUT2D eigenvalue weighted by Crippen LogP contribution is -2.32. The van der Waals surface area contributed by atoms with Crippen LogP contribution in [0.2, 0.25) is 5.02 Å². The smallest absolute Gasteiger partial charge is 0.233 e. The number of rotatable bonds is 4. The van der Waals surface area contributed by atoms with Gasteiger partial charge in [-0.3, -0.25) is 4.79 Å². The van der Waals surface area contributed by atoms with E-state index in [0.717, 1.165) is 12.0 Å². The summed E-state index contributed by atoms with van der Waals surface area (Å²) in [5, 5.41) is 8.35. The SMILES string of the molecule is O=C(Cc1ccc(Cl)cc1)N1CCC(Oc2cccnn2)C1. The van der Waals surface area contributed by atoms with Gasteiger partial charge in [-0.2, -0.15) is 5.10 Å². The van der Waals surface area contributed by atoms with Crippen molar-refractivity contribution in [1.29, 1.82) is 0 Å². The van der Waals surface area contributed by atoms with Gasteiger partial charge in [-0.1, -0.05) is 23.7 Å². The van der Waals surface area contributed by atoms with E-state index in [1.165, 1.54) is 0 Å². The maximum Gasteiger partial charge on any atom is 0.233 e. The standard InChI is InChI=1S/C16H16ClN3O2/c17-13-5-3-12(4-6-13)10-16(21)20-9-7-14(11-20)22-15-2-1-8-18-19-15/h1-6,8,14H,7,9-11H2. The van der Waals surface area contributed by atoms with Gasteiger partial charge in [-0.25, -0.2) is 0 Å². The number of ether oxygens (including phenoxy) is 1. The number of hydrogen-bond acceptors (Lipinski definition) is 4. The van der Waals surface area contributed by atoms with Gasteiger partial charge in [-0.05, 0) is 23.8 Å². The second kappa shape index (κ2) is 6.75. The molecule has 2 aromatic rings. The number of carbonyl (C=O) groups is 1. The fourth-order valence-corrected chi connectivity index (χ4v) is 2.59. The Morgan fingerprint density at radius 2 is 2.14 bits per heavy atom. The van der Waals surface area contributed by atoms with Crippen LogP contribution in [0.3, 0.4) is 0 Å². The molecule has 1 aromatic carbocycles. The molecule has 1 amide bonds. The van der Waals surface area contributed by atoms with Crippen LogP contribution in [0.4, 0.5) is 0 Å². The first-order valence-corrected chi connectivity index (χ1v) is 7.55. The molecule has 1 aliphatic heterocycles. The second-order valence-corrected chi connectivity index (χ2v) is 5.67. The molecular formula is C16H16ClN3O2. The number of benzene rings is 1. The highest BCUT2D eigenvalue weighted by Crippen LogP contribution is 2.17. The van der Waals surface area contributed by atoms with Gasteiger partial charge in [0.2, 0.25) is 11.8 Å². The monoisotopic (exact) mass is 317 g/mol. The van der Waals surface area contributed by atoms with E-state index in [9.17, 15) is 4.79 Å². The minimum absolute atomic E-state index is 0.0223. The largest absolute Gasteiger partial charge is 0.471 e.